The molecule has 32 heavy (non-hydrogen) atoms. The summed E-state index contributed by atoms with van der Waals surface area (Å²) in [7, 11) is 0. The smallest absolute Gasteiger partial charge is 0.241 e. The number of hydrogen-bond acceptors (Lipinski definition) is 7. The normalized spacial score (nSPS) is 10.8. The second kappa shape index (κ2) is 11.1. The van der Waals surface area contributed by atoms with Crippen LogP contribution in [0.5, 0.6) is 5.75 Å². The molecule has 0 spiro atoms. The van der Waals surface area contributed by atoms with Gasteiger partial charge in [0.1, 0.15) is 5.75 Å². The first-order valence-electron chi connectivity index (χ1n) is 10.4. The summed E-state index contributed by atoms with van der Waals surface area (Å²) in [5, 5.41) is 9.61. The van der Waals surface area contributed by atoms with Crippen molar-refractivity contribution in [1.29, 1.82) is 0 Å². The van der Waals surface area contributed by atoms with Gasteiger partial charge in [0.2, 0.25) is 23.5 Å². The van der Waals surface area contributed by atoms with Gasteiger partial charge in [-0.25, -0.2) is 0 Å². The molecule has 168 valence electrons. The fourth-order valence-corrected chi connectivity index (χ4v) is 3.08. The van der Waals surface area contributed by atoms with E-state index in [0.717, 1.165) is 5.56 Å². The minimum atomic E-state index is -0.166. The van der Waals surface area contributed by atoms with E-state index in [0.29, 0.717) is 48.5 Å². The highest BCUT2D eigenvalue weighted by molar-refractivity contribution is 5.93. The Labute approximate surface area is 186 Å². The highest BCUT2D eigenvalue weighted by Gasteiger charge is 2.17. The fraction of sp³-hybridized carbons (Fsp3) is 0.304. The highest BCUT2D eigenvalue weighted by Crippen LogP contribution is 2.27. The molecule has 2 N–H and O–H groups in total. The second-order valence-corrected chi connectivity index (χ2v) is 7.05. The molecule has 0 atom stereocenters. The minimum absolute atomic E-state index is 0.147. The first-order chi connectivity index (χ1) is 15.5. The predicted molar refractivity (Wildman–Crippen MR) is 121 cm³/mol. The Balaban J connectivity index is 1.59. The van der Waals surface area contributed by atoms with Crippen LogP contribution in [0.4, 0.5) is 11.4 Å². The van der Waals surface area contributed by atoms with Crippen LogP contribution < -0.4 is 15.4 Å². The maximum atomic E-state index is 12.5. The average Bonchev–Trinajstić information content (AvgIpc) is 3.23. The van der Waals surface area contributed by atoms with E-state index >= 15 is 0 Å². The molecule has 0 unspecified atom stereocenters. The van der Waals surface area contributed by atoms with Gasteiger partial charge in [0.25, 0.3) is 0 Å². The van der Waals surface area contributed by atoms with Crippen molar-refractivity contribution >= 4 is 23.2 Å². The van der Waals surface area contributed by atoms with Gasteiger partial charge in [-0.3, -0.25) is 14.5 Å². The maximum absolute atomic E-state index is 12.5. The molecule has 0 saturated heterocycles. The minimum Gasteiger partial charge on any atom is -0.493 e. The summed E-state index contributed by atoms with van der Waals surface area (Å²) in [6.45, 7) is 6.99. The first kappa shape index (κ1) is 23.0. The van der Waals surface area contributed by atoms with Gasteiger partial charge in [-0.05, 0) is 49.9 Å². The molecule has 0 aliphatic heterocycles. The summed E-state index contributed by atoms with van der Waals surface area (Å²) in [6, 6.07) is 14.4. The van der Waals surface area contributed by atoms with Gasteiger partial charge in [0, 0.05) is 18.3 Å². The number of anilines is 2. The van der Waals surface area contributed by atoms with E-state index in [4.69, 9.17) is 9.26 Å². The van der Waals surface area contributed by atoms with Gasteiger partial charge >= 0.3 is 0 Å². The van der Waals surface area contributed by atoms with Crippen LogP contribution in [-0.4, -0.2) is 46.6 Å². The zero-order valence-electron chi connectivity index (χ0n) is 18.4. The van der Waals surface area contributed by atoms with Crippen LogP contribution in [0.2, 0.25) is 0 Å². The van der Waals surface area contributed by atoms with Crippen molar-refractivity contribution in [2.24, 2.45) is 0 Å². The molecule has 9 heteroatoms. The highest BCUT2D eigenvalue weighted by atomic mass is 16.5. The second-order valence-electron chi connectivity index (χ2n) is 7.05. The summed E-state index contributed by atoms with van der Waals surface area (Å²) in [6.07, 6.45) is 0. The number of aromatic nitrogens is 2. The van der Waals surface area contributed by atoms with Crippen molar-refractivity contribution in [2.75, 3.05) is 30.3 Å². The number of likely N-dealkylation sites (N-methyl/N-ethyl adjacent to an activating group) is 1. The van der Waals surface area contributed by atoms with Crippen molar-refractivity contribution in [3.63, 3.8) is 0 Å². The molecule has 9 nitrogen and oxygen atoms in total. The summed E-state index contributed by atoms with van der Waals surface area (Å²) >= 11 is 0. The van der Waals surface area contributed by atoms with E-state index in [1.165, 1.54) is 6.92 Å². The van der Waals surface area contributed by atoms with Crippen LogP contribution in [0.25, 0.3) is 11.4 Å². The van der Waals surface area contributed by atoms with E-state index in [9.17, 15) is 9.59 Å². The van der Waals surface area contributed by atoms with Crippen LogP contribution in [-0.2, 0) is 16.1 Å². The Morgan fingerprint density at radius 2 is 1.72 bits per heavy atom. The zero-order valence-corrected chi connectivity index (χ0v) is 18.4. The Morgan fingerprint density at radius 1 is 1.03 bits per heavy atom. The van der Waals surface area contributed by atoms with Crippen molar-refractivity contribution < 1.29 is 18.8 Å². The van der Waals surface area contributed by atoms with E-state index in [1.54, 1.807) is 24.3 Å². The van der Waals surface area contributed by atoms with Crippen molar-refractivity contribution in [1.82, 2.24) is 15.0 Å². The molecule has 0 bridgehead atoms. The van der Waals surface area contributed by atoms with Gasteiger partial charge in [0.05, 0.1) is 25.3 Å². The molecule has 1 aromatic heterocycles. The molecule has 0 radical (unpaired) electrons. The molecular weight excluding hydrogens is 410 g/mol. The lowest BCUT2D eigenvalue weighted by molar-refractivity contribution is -0.117. The Bertz CT molecular complexity index is 1050. The molecule has 2 aromatic carbocycles. The Morgan fingerprint density at radius 3 is 2.38 bits per heavy atom. The fourth-order valence-electron chi connectivity index (χ4n) is 3.08. The molecule has 0 aliphatic carbocycles. The first-order valence-corrected chi connectivity index (χ1v) is 10.4. The lowest BCUT2D eigenvalue weighted by Gasteiger charge is -2.17. The number of ether oxygens (including phenoxy) is 1. The summed E-state index contributed by atoms with van der Waals surface area (Å²) in [4.78, 5) is 29.9. The summed E-state index contributed by atoms with van der Waals surface area (Å²) in [5.41, 5.74) is 2.07. The largest absolute Gasteiger partial charge is 0.493 e. The molecule has 2 amide bonds. The quantitative estimate of drug-likeness (QED) is 0.499. The molecule has 0 saturated carbocycles. The van der Waals surface area contributed by atoms with Crippen LogP contribution >= 0.6 is 0 Å². The van der Waals surface area contributed by atoms with Gasteiger partial charge in [-0.15, -0.1) is 0 Å². The zero-order chi connectivity index (χ0) is 22.9. The van der Waals surface area contributed by atoms with Crippen LogP contribution in [0.3, 0.4) is 0 Å². The van der Waals surface area contributed by atoms with Crippen LogP contribution in [0.1, 0.15) is 26.7 Å². The van der Waals surface area contributed by atoms with Gasteiger partial charge in [-0.2, -0.15) is 4.98 Å². The molecular formula is C23H27N5O4. The monoisotopic (exact) mass is 437 g/mol. The maximum Gasteiger partial charge on any atom is 0.241 e. The number of para-hydroxylation sites is 1. The van der Waals surface area contributed by atoms with Crippen LogP contribution in [0, 0.1) is 0 Å². The van der Waals surface area contributed by atoms with E-state index in [-0.39, 0.29) is 18.4 Å². The number of nitrogens with zero attached hydrogens (tertiary/aromatic N) is 3. The number of carbonyl (C=O) groups excluding carboxylic acids is 2. The molecule has 3 aromatic rings. The van der Waals surface area contributed by atoms with Crippen molar-refractivity contribution in [3.05, 3.63) is 54.4 Å². The molecule has 1 heterocycles. The number of hydrogen-bond donors (Lipinski definition) is 2. The molecule has 3 rings (SSSR count). The van der Waals surface area contributed by atoms with Gasteiger partial charge < -0.3 is 19.9 Å². The third-order valence-electron chi connectivity index (χ3n) is 4.56. The van der Waals surface area contributed by atoms with Crippen molar-refractivity contribution in [3.8, 4) is 17.1 Å². The van der Waals surface area contributed by atoms with E-state index in [1.807, 2.05) is 43.0 Å². The number of benzene rings is 2. The average molecular weight is 438 g/mol. The third kappa shape index (κ3) is 6.39. The number of rotatable bonds is 10. The Hall–Kier alpha value is -3.72. The van der Waals surface area contributed by atoms with Gasteiger partial charge in [-0.1, -0.05) is 24.2 Å². The predicted octanol–water partition coefficient (Wildman–Crippen LogP) is 3.55. The Kier molecular flexibility index (Phi) is 7.93. The third-order valence-corrected chi connectivity index (χ3v) is 4.56. The van der Waals surface area contributed by atoms with E-state index in [2.05, 4.69) is 20.8 Å². The summed E-state index contributed by atoms with van der Waals surface area (Å²) < 4.78 is 11.0. The summed E-state index contributed by atoms with van der Waals surface area (Å²) in [5.74, 6) is 1.24. The van der Waals surface area contributed by atoms with E-state index < -0.39 is 0 Å². The lowest BCUT2D eigenvalue weighted by atomic mass is 10.2. The van der Waals surface area contributed by atoms with Crippen molar-refractivity contribution in [2.45, 2.75) is 27.3 Å². The lowest BCUT2D eigenvalue weighted by Crippen LogP contribution is -2.32. The number of amides is 2. The standard InChI is InChI=1S/C23H27N5O4/c1-4-28(14-21(30)25-18-12-10-17(11-13-18)24-16(3)29)15-22-26-23(27-32-22)19-8-6-7-9-20(19)31-5-2/h6-13H,4-5,14-15H2,1-3H3,(H,24,29)(H,25,30). The molecule has 0 fully saturated rings. The van der Waals surface area contributed by atoms with Gasteiger partial charge in [0.15, 0.2) is 0 Å². The number of carbonyl (C=O) groups is 2. The number of nitrogens with one attached hydrogen (secondary N) is 2. The topological polar surface area (TPSA) is 110 Å². The molecule has 0 aliphatic rings. The SMILES string of the molecule is CCOc1ccccc1-c1noc(CN(CC)CC(=O)Nc2ccc(NC(C)=O)cc2)n1. The van der Waals surface area contributed by atoms with Crippen LogP contribution in [0.15, 0.2) is 53.1 Å².